The maximum atomic E-state index is 11.3. The van der Waals surface area contributed by atoms with E-state index in [4.69, 9.17) is 11.6 Å². The average Bonchev–Trinajstić information content (AvgIpc) is 2.57. The van der Waals surface area contributed by atoms with Crippen molar-refractivity contribution in [2.24, 2.45) is 0 Å². The lowest BCUT2D eigenvalue weighted by Gasteiger charge is -2.14. The highest BCUT2D eigenvalue weighted by atomic mass is 79.9. The number of carbonyl (C=O) groups excluding carboxylic acids is 1. The van der Waals surface area contributed by atoms with Gasteiger partial charge in [-0.05, 0) is 34.1 Å². The van der Waals surface area contributed by atoms with Crippen molar-refractivity contribution in [3.8, 4) is 0 Å². The molecule has 5 heteroatoms. The lowest BCUT2D eigenvalue weighted by molar-refractivity contribution is 0.252. The SMILES string of the molecule is O=C1NCCN1c1ccc(Br)c(Cl)c1. The number of nitrogens with one attached hydrogen (secondary N) is 1. The van der Waals surface area contributed by atoms with Crippen molar-refractivity contribution in [3.63, 3.8) is 0 Å². The molecule has 0 atom stereocenters. The van der Waals surface area contributed by atoms with Crippen molar-refractivity contribution in [2.75, 3.05) is 18.0 Å². The van der Waals surface area contributed by atoms with Crippen molar-refractivity contribution in [3.05, 3.63) is 27.7 Å². The molecule has 1 saturated heterocycles. The number of nitrogens with zero attached hydrogens (tertiary/aromatic N) is 1. The molecule has 0 saturated carbocycles. The third kappa shape index (κ3) is 1.72. The Morgan fingerprint density at radius 1 is 1.50 bits per heavy atom. The second-order valence-corrected chi connectivity index (χ2v) is 4.24. The molecule has 0 bridgehead atoms. The molecule has 14 heavy (non-hydrogen) atoms. The zero-order chi connectivity index (χ0) is 10.1. The molecule has 3 nitrogen and oxygen atoms in total. The Balaban J connectivity index is 2.32. The Morgan fingerprint density at radius 3 is 2.86 bits per heavy atom. The first kappa shape index (κ1) is 9.80. The van der Waals surface area contributed by atoms with Crippen molar-refractivity contribution >= 4 is 39.2 Å². The van der Waals surface area contributed by atoms with Gasteiger partial charge in [0.15, 0.2) is 0 Å². The minimum absolute atomic E-state index is 0.0663. The predicted molar refractivity (Wildman–Crippen MR) is 59.9 cm³/mol. The number of urea groups is 1. The molecule has 1 fully saturated rings. The molecule has 0 unspecified atom stereocenters. The Hall–Kier alpha value is -0.740. The Bertz CT molecular complexity index is 383. The lowest BCUT2D eigenvalue weighted by Crippen LogP contribution is -2.27. The van der Waals surface area contributed by atoms with Gasteiger partial charge in [0.25, 0.3) is 0 Å². The summed E-state index contributed by atoms with van der Waals surface area (Å²) in [5.74, 6) is 0. The number of hydrogen-bond donors (Lipinski definition) is 1. The number of anilines is 1. The van der Waals surface area contributed by atoms with E-state index in [-0.39, 0.29) is 6.03 Å². The van der Waals surface area contributed by atoms with Gasteiger partial charge in [0, 0.05) is 23.2 Å². The van der Waals surface area contributed by atoms with Crippen LogP contribution in [0, 0.1) is 0 Å². The van der Waals surface area contributed by atoms with Gasteiger partial charge in [-0.25, -0.2) is 4.79 Å². The Morgan fingerprint density at radius 2 is 2.29 bits per heavy atom. The zero-order valence-electron chi connectivity index (χ0n) is 7.26. The van der Waals surface area contributed by atoms with Crippen LogP contribution in [0.25, 0.3) is 0 Å². The topological polar surface area (TPSA) is 32.3 Å². The number of benzene rings is 1. The molecule has 0 spiro atoms. The Kier molecular flexibility index (Phi) is 2.65. The molecule has 1 aromatic carbocycles. The van der Waals surface area contributed by atoms with Gasteiger partial charge in [-0.2, -0.15) is 0 Å². The number of hydrogen-bond acceptors (Lipinski definition) is 1. The molecule has 1 aliphatic heterocycles. The van der Waals surface area contributed by atoms with E-state index in [2.05, 4.69) is 21.2 Å². The summed E-state index contributed by atoms with van der Waals surface area (Å²) in [6.45, 7) is 1.38. The monoisotopic (exact) mass is 274 g/mol. The van der Waals surface area contributed by atoms with Crippen molar-refractivity contribution in [2.45, 2.75) is 0 Å². The average molecular weight is 276 g/mol. The fourth-order valence-corrected chi connectivity index (χ4v) is 1.79. The van der Waals surface area contributed by atoms with E-state index in [1.165, 1.54) is 0 Å². The van der Waals surface area contributed by atoms with Crippen LogP contribution in [0.15, 0.2) is 22.7 Å². The molecule has 0 aliphatic carbocycles. The standard InChI is InChI=1S/C9H8BrClN2O/c10-7-2-1-6(5-8(7)11)13-4-3-12-9(13)14/h1-2,5H,3-4H2,(H,12,14). The molecular weight excluding hydrogens is 267 g/mol. The van der Waals surface area contributed by atoms with Crippen LogP contribution in [0.2, 0.25) is 5.02 Å². The first-order chi connectivity index (χ1) is 6.68. The fourth-order valence-electron chi connectivity index (χ4n) is 1.37. The van der Waals surface area contributed by atoms with E-state index in [1.54, 1.807) is 11.0 Å². The van der Waals surface area contributed by atoms with Crippen LogP contribution >= 0.6 is 27.5 Å². The first-order valence-corrected chi connectivity index (χ1v) is 5.36. The Labute approximate surface area is 95.2 Å². The highest BCUT2D eigenvalue weighted by Crippen LogP contribution is 2.28. The second-order valence-electron chi connectivity index (χ2n) is 2.98. The van der Waals surface area contributed by atoms with E-state index in [1.807, 2.05) is 12.1 Å². The highest BCUT2D eigenvalue weighted by Gasteiger charge is 2.21. The highest BCUT2D eigenvalue weighted by molar-refractivity contribution is 9.10. The van der Waals surface area contributed by atoms with Crippen LogP contribution in [0.3, 0.4) is 0 Å². The molecular formula is C9H8BrClN2O. The molecule has 0 radical (unpaired) electrons. The summed E-state index contributed by atoms with van der Waals surface area (Å²) in [4.78, 5) is 13.0. The summed E-state index contributed by atoms with van der Waals surface area (Å²) in [6.07, 6.45) is 0. The smallest absolute Gasteiger partial charge is 0.321 e. The van der Waals surface area contributed by atoms with Gasteiger partial charge in [-0.3, -0.25) is 4.90 Å². The molecule has 1 heterocycles. The van der Waals surface area contributed by atoms with Crippen LogP contribution in [0.1, 0.15) is 0 Å². The molecule has 2 amide bonds. The van der Waals surface area contributed by atoms with Gasteiger partial charge in [0.05, 0.1) is 5.02 Å². The third-order valence-electron chi connectivity index (χ3n) is 2.07. The summed E-state index contributed by atoms with van der Waals surface area (Å²) in [5, 5.41) is 3.35. The molecule has 1 aliphatic rings. The third-order valence-corrected chi connectivity index (χ3v) is 3.30. The summed E-state index contributed by atoms with van der Waals surface area (Å²) >= 11 is 9.24. The fraction of sp³-hybridized carbons (Fsp3) is 0.222. The van der Waals surface area contributed by atoms with Crippen LogP contribution in [-0.4, -0.2) is 19.1 Å². The molecule has 74 valence electrons. The van der Waals surface area contributed by atoms with Crippen LogP contribution in [-0.2, 0) is 0 Å². The van der Waals surface area contributed by atoms with E-state index >= 15 is 0 Å². The van der Waals surface area contributed by atoms with Gasteiger partial charge >= 0.3 is 6.03 Å². The summed E-state index contributed by atoms with van der Waals surface area (Å²) < 4.78 is 0.836. The van der Waals surface area contributed by atoms with Crippen LogP contribution in [0.4, 0.5) is 10.5 Å². The quantitative estimate of drug-likeness (QED) is 0.839. The molecule has 1 N–H and O–H groups in total. The van der Waals surface area contributed by atoms with E-state index < -0.39 is 0 Å². The van der Waals surface area contributed by atoms with Gasteiger partial charge in [-0.1, -0.05) is 11.6 Å². The van der Waals surface area contributed by atoms with Gasteiger partial charge in [-0.15, -0.1) is 0 Å². The lowest BCUT2D eigenvalue weighted by atomic mass is 10.3. The van der Waals surface area contributed by atoms with Crippen LogP contribution in [0.5, 0.6) is 0 Å². The number of halogens is 2. The zero-order valence-corrected chi connectivity index (χ0v) is 9.60. The number of amides is 2. The van der Waals surface area contributed by atoms with Crippen LogP contribution < -0.4 is 10.2 Å². The summed E-state index contributed by atoms with van der Waals surface area (Å²) in [5.41, 5.74) is 0.827. The van der Waals surface area contributed by atoms with E-state index in [0.717, 1.165) is 10.2 Å². The van der Waals surface area contributed by atoms with Gasteiger partial charge in [0.2, 0.25) is 0 Å². The first-order valence-electron chi connectivity index (χ1n) is 4.19. The predicted octanol–water partition coefficient (Wildman–Crippen LogP) is 2.63. The van der Waals surface area contributed by atoms with Gasteiger partial charge in [0.1, 0.15) is 0 Å². The van der Waals surface area contributed by atoms with E-state index in [0.29, 0.717) is 18.1 Å². The number of rotatable bonds is 1. The van der Waals surface area contributed by atoms with Crippen molar-refractivity contribution < 1.29 is 4.79 Å². The molecule has 0 aromatic heterocycles. The summed E-state index contributed by atoms with van der Waals surface area (Å²) in [7, 11) is 0. The maximum Gasteiger partial charge on any atom is 0.321 e. The molecule has 2 rings (SSSR count). The minimum atomic E-state index is -0.0663. The normalized spacial score (nSPS) is 15.9. The number of carbonyl (C=O) groups is 1. The van der Waals surface area contributed by atoms with E-state index in [9.17, 15) is 4.79 Å². The second kappa shape index (κ2) is 3.79. The summed E-state index contributed by atoms with van der Waals surface area (Å²) in [6, 6.07) is 5.41. The van der Waals surface area contributed by atoms with Crippen molar-refractivity contribution in [1.29, 1.82) is 0 Å². The molecule has 1 aromatic rings. The maximum absolute atomic E-state index is 11.3. The minimum Gasteiger partial charge on any atom is -0.336 e. The van der Waals surface area contributed by atoms with Crippen molar-refractivity contribution in [1.82, 2.24) is 5.32 Å². The van der Waals surface area contributed by atoms with Gasteiger partial charge < -0.3 is 5.32 Å². The largest absolute Gasteiger partial charge is 0.336 e.